The van der Waals surface area contributed by atoms with Crippen molar-refractivity contribution in [3.05, 3.63) is 65.7 Å². The molecule has 1 aliphatic carbocycles. The van der Waals surface area contributed by atoms with Gasteiger partial charge in [0.25, 0.3) is 0 Å². The zero-order valence-corrected chi connectivity index (χ0v) is 25.5. The number of phenols is 1. The van der Waals surface area contributed by atoms with Crippen molar-refractivity contribution in [2.75, 3.05) is 39.9 Å². The maximum absolute atomic E-state index is 13.0. The van der Waals surface area contributed by atoms with E-state index in [9.17, 15) is 9.90 Å². The Hall–Kier alpha value is -2.89. The van der Waals surface area contributed by atoms with Crippen molar-refractivity contribution in [2.24, 2.45) is 5.92 Å². The van der Waals surface area contributed by atoms with Gasteiger partial charge in [-0.05, 0) is 48.2 Å². The van der Waals surface area contributed by atoms with Gasteiger partial charge in [-0.25, -0.2) is 7.91 Å². The Balaban J connectivity index is 1.48. The second-order valence-electron chi connectivity index (χ2n) is 11.1. The number of aromatic nitrogens is 1. The number of methoxy groups -OCH3 is 1. The Morgan fingerprint density at radius 3 is 2.59 bits per heavy atom. The summed E-state index contributed by atoms with van der Waals surface area (Å²) in [6.45, 7) is 4.01. The molecular weight excluding hydrogens is 633 g/mol. The first-order valence-corrected chi connectivity index (χ1v) is 15.5. The number of esters is 1. The van der Waals surface area contributed by atoms with Gasteiger partial charge in [0.15, 0.2) is 0 Å². The lowest BCUT2D eigenvalue weighted by Gasteiger charge is -2.38. The first-order chi connectivity index (χ1) is 20.0. The molecule has 6 rings (SSSR count). The van der Waals surface area contributed by atoms with Crippen LogP contribution in [0.3, 0.4) is 0 Å². The number of hydrogen-bond donors (Lipinski definition) is 1. The van der Waals surface area contributed by atoms with Crippen molar-refractivity contribution in [1.29, 1.82) is 0 Å². The Morgan fingerprint density at radius 1 is 1.10 bits per heavy atom. The maximum atomic E-state index is 13.0. The lowest BCUT2D eigenvalue weighted by atomic mass is 9.87. The molecule has 1 aliphatic heterocycles. The summed E-state index contributed by atoms with van der Waals surface area (Å²) in [4.78, 5) is 19.5. The number of nitrogens with zero attached hydrogens (tertiary/aromatic N) is 3. The van der Waals surface area contributed by atoms with Gasteiger partial charge in [-0.2, -0.15) is 0 Å². The third kappa shape index (κ3) is 5.76. The highest BCUT2D eigenvalue weighted by Gasteiger charge is 2.34. The van der Waals surface area contributed by atoms with Crippen LogP contribution in [0.4, 0.5) is 0 Å². The van der Waals surface area contributed by atoms with Crippen LogP contribution in [0.5, 0.6) is 11.5 Å². The Morgan fingerprint density at radius 2 is 1.85 bits per heavy atom. The fourth-order valence-electron chi connectivity index (χ4n) is 6.50. The van der Waals surface area contributed by atoms with Crippen molar-refractivity contribution < 1.29 is 23.8 Å². The molecule has 1 N–H and O–H groups in total. The molecule has 2 aromatic carbocycles. The number of piperazine rings is 1. The smallest absolute Gasteiger partial charge is 0.341 e. The number of aromatic hydroxyl groups is 1. The molecule has 2 aliphatic rings. The normalized spacial score (nSPS) is 18.1. The summed E-state index contributed by atoms with van der Waals surface area (Å²) in [6.07, 6.45) is 12.6. The highest BCUT2D eigenvalue weighted by Crippen LogP contribution is 2.47. The molecule has 1 saturated heterocycles. The summed E-state index contributed by atoms with van der Waals surface area (Å²) < 4.78 is 19.7. The van der Waals surface area contributed by atoms with Crippen LogP contribution in [-0.4, -0.2) is 64.0 Å². The lowest BCUT2D eigenvalue weighted by molar-refractivity contribution is 0.0601. The topological polar surface area (TPSA) is 88.3 Å². The molecule has 216 valence electrons. The van der Waals surface area contributed by atoms with Crippen LogP contribution in [0.25, 0.3) is 21.7 Å². The SMILES string of the molecule is COC(=O)c1coc2c1c(C(c1ccncc1)N1CCN(I)CC1)c(O)c1cc(OCCC3CCCCC3)ccc12. The predicted molar refractivity (Wildman–Crippen MR) is 167 cm³/mol. The predicted octanol–water partition coefficient (Wildman–Crippen LogP) is 6.88. The van der Waals surface area contributed by atoms with Gasteiger partial charge in [-0.15, -0.1) is 0 Å². The monoisotopic (exact) mass is 669 g/mol. The van der Waals surface area contributed by atoms with Crippen molar-refractivity contribution in [2.45, 2.75) is 44.6 Å². The third-order valence-electron chi connectivity index (χ3n) is 8.65. The van der Waals surface area contributed by atoms with E-state index in [1.54, 1.807) is 12.4 Å². The van der Waals surface area contributed by atoms with Crippen molar-refractivity contribution in [3.8, 4) is 11.5 Å². The first kappa shape index (κ1) is 28.2. The van der Waals surface area contributed by atoms with E-state index < -0.39 is 5.97 Å². The highest BCUT2D eigenvalue weighted by atomic mass is 127. The summed E-state index contributed by atoms with van der Waals surface area (Å²) in [6, 6.07) is 9.35. The summed E-state index contributed by atoms with van der Waals surface area (Å²) >= 11 is 2.36. The van der Waals surface area contributed by atoms with Crippen LogP contribution in [0, 0.1) is 5.92 Å². The Bertz CT molecular complexity index is 1510. The summed E-state index contributed by atoms with van der Waals surface area (Å²) in [5.74, 6) is 1.06. The molecule has 1 unspecified atom stereocenters. The molecule has 8 nitrogen and oxygen atoms in total. The lowest BCUT2D eigenvalue weighted by Crippen LogP contribution is -2.44. The average molecular weight is 670 g/mol. The van der Waals surface area contributed by atoms with E-state index >= 15 is 0 Å². The maximum Gasteiger partial charge on any atom is 0.341 e. The number of fused-ring (bicyclic) bond motifs is 3. The van der Waals surface area contributed by atoms with Gasteiger partial charge in [-0.3, -0.25) is 9.88 Å². The van der Waals surface area contributed by atoms with E-state index in [1.165, 1.54) is 45.5 Å². The van der Waals surface area contributed by atoms with Gasteiger partial charge in [0, 0.05) is 83.2 Å². The van der Waals surface area contributed by atoms with Gasteiger partial charge in [0.2, 0.25) is 0 Å². The number of phenolic OH excluding ortho intramolecular Hbond substituents is 1. The molecular formula is C32H36IN3O5. The van der Waals surface area contributed by atoms with Gasteiger partial charge in [0.05, 0.1) is 19.8 Å². The van der Waals surface area contributed by atoms with E-state index in [0.717, 1.165) is 49.5 Å². The van der Waals surface area contributed by atoms with Crippen molar-refractivity contribution >= 4 is 50.6 Å². The zero-order valence-electron chi connectivity index (χ0n) is 23.4. The van der Waals surface area contributed by atoms with Crippen LogP contribution >= 0.6 is 22.9 Å². The number of halogens is 1. The molecule has 0 spiro atoms. The fourth-order valence-corrected chi connectivity index (χ4v) is 6.93. The van der Waals surface area contributed by atoms with Crippen LogP contribution in [0.1, 0.15) is 66.1 Å². The van der Waals surface area contributed by atoms with Crippen LogP contribution in [-0.2, 0) is 4.74 Å². The van der Waals surface area contributed by atoms with Gasteiger partial charge in [-0.1, -0.05) is 32.1 Å². The molecule has 2 aromatic heterocycles. The van der Waals surface area contributed by atoms with Crippen LogP contribution < -0.4 is 4.74 Å². The number of rotatable bonds is 8. The third-order valence-corrected chi connectivity index (χ3v) is 9.62. The molecule has 41 heavy (non-hydrogen) atoms. The Kier molecular flexibility index (Phi) is 8.64. The summed E-state index contributed by atoms with van der Waals surface area (Å²) in [7, 11) is 1.36. The fraction of sp³-hybridized carbons (Fsp3) is 0.438. The quantitative estimate of drug-likeness (QED) is 0.124. The average Bonchev–Trinajstić information content (AvgIpc) is 3.45. The first-order valence-electron chi connectivity index (χ1n) is 14.5. The summed E-state index contributed by atoms with van der Waals surface area (Å²) in [5.41, 5.74) is 2.46. The minimum absolute atomic E-state index is 0.121. The number of carbonyl (C=O) groups is 1. The van der Waals surface area contributed by atoms with E-state index in [0.29, 0.717) is 39.8 Å². The second-order valence-corrected chi connectivity index (χ2v) is 12.4. The summed E-state index contributed by atoms with van der Waals surface area (Å²) in [5, 5.41) is 14.0. The minimum Gasteiger partial charge on any atom is -0.507 e. The standard InChI is InChI=1S/C32H36IN3O5/c1-39-32(38)26-20-41-31-24-8-7-23(40-18-11-21-5-3-2-4-6-21)19-25(24)30(37)28(27(26)31)29(22-9-12-34-13-10-22)35-14-16-36(33)17-15-35/h7-10,12-13,19-21,29,37H,2-6,11,14-18H2,1H3. The minimum atomic E-state index is -0.503. The van der Waals surface area contributed by atoms with E-state index in [4.69, 9.17) is 13.9 Å². The molecule has 4 aromatic rings. The largest absolute Gasteiger partial charge is 0.507 e. The van der Waals surface area contributed by atoms with Gasteiger partial charge < -0.3 is 19.0 Å². The molecule has 3 heterocycles. The van der Waals surface area contributed by atoms with Crippen LogP contribution in [0.15, 0.2) is 53.4 Å². The molecule has 9 heteroatoms. The number of furan rings is 1. The van der Waals surface area contributed by atoms with E-state index in [1.807, 2.05) is 30.3 Å². The number of carbonyl (C=O) groups excluding carboxylic acids is 1. The highest BCUT2D eigenvalue weighted by molar-refractivity contribution is 14.1. The van der Waals surface area contributed by atoms with Gasteiger partial charge >= 0.3 is 5.97 Å². The molecule has 1 saturated carbocycles. The van der Waals surface area contributed by atoms with E-state index in [2.05, 4.69) is 35.9 Å². The number of hydrogen-bond acceptors (Lipinski definition) is 8. The molecule has 0 radical (unpaired) electrons. The van der Waals surface area contributed by atoms with Gasteiger partial charge in [0.1, 0.15) is 28.9 Å². The molecule has 2 fully saturated rings. The number of pyridine rings is 1. The van der Waals surface area contributed by atoms with Crippen molar-refractivity contribution in [1.82, 2.24) is 13.0 Å². The Labute approximate surface area is 254 Å². The molecule has 1 atom stereocenters. The van der Waals surface area contributed by atoms with E-state index in [-0.39, 0.29) is 11.8 Å². The molecule has 0 amide bonds. The number of ether oxygens (including phenoxy) is 2. The number of benzene rings is 2. The zero-order chi connectivity index (χ0) is 28.3. The second kappa shape index (κ2) is 12.5. The van der Waals surface area contributed by atoms with Crippen molar-refractivity contribution in [3.63, 3.8) is 0 Å². The van der Waals surface area contributed by atoms with Crippen LogP contribution in [0.2, 0.25) is 0 Å². The molecule has 0 bridgehead atoms.